The first-order chi connectivity index (χ1) is 5.10. The molecule has 0 aliphatic heterocycles. The third-order valence-corrected chi connectivity index (χ3v) is 2.15. The maximum atomic E-state index is 9.05. The van der Waals surface area contributed by atoms with E-state index >= 15 is 0 Å². The summed E-state index contributed by atoms with van der Waals surface area (Å²) in [5.74, 6) is 0. The summed E-state index contributed by atoms with van der Waals surface area (Å²) in [6.07, 6.45) is 1.63. The van der Waals surface area contributed by atoms with Crippen molar-refractivity contribution in [3.8, 4) is 0 Å². The Hall–Kier alpha value is -0.350. The smallest absolute Gasteiger partial charge is 0.164 e. The van der Waals surface area contributed by atoms with Gasteiger partial charge in [-0.3, -0.25) is 0 Å². The SMILES string of the molecule is CCC(CC)(CO)NC(N)=S. The normalized spacial score (nSPS) is 11.2. The van der Waals surface area contributed by atoms with Crippen molar-refractivity contribution >= 4 is 17.3 Å². The van der Waals surface area contributed by atoms with Crippen LogP contribution in [0.5, 0.6) is 0 Å². The van der Waals surface area contributed by atoms with E-state index in [1.165, 1.54) is 0 Å². The highest BCUT2D eigenvalue weighted by atomic mass is 32.1. The highest BCUT2D eigenvalue weighted by molar-refractivity contribution is 7.80. The van der Waals surface area contributed by atoms with Crippen molar-refractivity contribution in [3.63, 3.8) is 0 Å². The molecule has 0 aromatic carbocycles. The Labute approximate surface area is 73.0 Å². The van der Waals surface area contributed by atoms with Gasteiger partial charge in [0.15, 0.2) is 5.11 Å². The minimum absolute atomic E-state index is 0.0668. The summed E-state index contributed by atoms with van der Waals surface area (Å²) in [6.45, 7) is 4.05. The van der Waals surface area contributed by atoms with Crippen LogP contribution in [-0.4, -0.2) is 22.4 Å². The van der Waals surface area contributed by atoms with Crippen molar-refractivity contribution in [1.29, 1.82) is 0 Å². The monoisotopic (exact) mass is 176 g/mol. The molecule has 0 radical (unpaired) electrons. The van der Waals surface area contributed by atoms with Crippen molar-refractivity contribution in [1.82, 2.24) is 5.32 Å². The molecule has 0 fully saturated rings. The van der Waals surface area contributed by atoms with Crippen molar-refractivity contribution in [3.05, 3.63) is 0 Å². The van der Waals surface area contributed by atoms with Gasteiger partial charge < -0.3 is 16.2 Å². The summed E-state index contributed by atoms with van der Waals surface area (Å²) >= 11 is 4.70. The third-order valence-electron chi connectivity index (χ3n) is 2.04. The van der Waals surface area contributed by atoms with E-state index in [0.29, 0.717) is 0 Å². The summed E-state index contributed by atoms with van der Waals surface area (Å²) in [5, 5.41) is 12.2. The summed E-state index contributed by atoms with van der Waals surface area (Å²) in [5.41, 5.74) is 5.00. The molecule has 0 aliphatic rings. The quantitative estimate of drug-likeness (QED) is 0.542. The van der Waals surface area contributed by atoms with Gasteiger partial charge in [-0.1, -0.05) is 13.8 Å². The highest BCUT2D eigenvalue weighted by Gasteiger charge is 2.24. The first-order valence-corrected chi connectivity index (χ1v) is 4.19. The van der Waals surface area contributed by atoms with Gasteiger partial charge in [0.1, 0.15) is 0 Å². The van der Waals surface area contributed by atoms with Crippen LogP contribution in [0.25, 0.3) is 0 Å². The molecule has 4 N–H and O–H groups in total. The minimum Gasteiger partial charge on any atom is -0.394 e. The molecule has 0 aromatic rings. The van der Waals surface area contributed by atoms with E-state index in [9.17, 15) is 0 Å². The van der Waals surface area contributed by atoms with Gasteiger partial charge in [0.05, 0.1) is 12.1 Å². The zero-order valence-corrected chi connectivity index (χ0v) is 7.87. The maximum Gasteiger partial charge on any atom is 0.164 e. The van der Waals surface area contributed by atoms with Crippen molar-refractivity contribution < 1.29 is 5.11 Å². The Bertz CT molecular complexity index is 126. The van der Waals surface area contributed by atoms with Crippen LogP contribution in [0, 0.1) is 0 Å². The molecule has 11 heavy (non-hydrogen) atoms. The topological polar surface area (TPSA) is 58.3 Å². The van der Waals surface area contributed by atoms with Gasteiger partial charge in [0.2, 0.25) is 0 Å². The molecule has 0 atom stereocenters. The van der Waals surface area contributed by atoms with Gasteiger partial charge in [0, 0.05) is 0 Å². The molecule has 0 bridgehead atoms. The summed E-state index contributed by atoms with van der Waals surface area (Å²) in [4.78, 5) is 0. The molecule has 3 nitrogen and oxygen atoms in total. The molecule has 0 aliphatic carbocycles. The fourth-order valence-electron chi connectivity index (χ4n) is 0.951. The van der Waals surface area contributed by atoms with Crippen LogP contribution in [0.15, 0.2) is 0 Å². The Morgan fingerprint density at radius 1 is 1.55 bits per heavy atom. The summed E-state index contributed by atoms with van der Waals surface area (Å²) in [7, 11) is 0. The van der Waals surface area contributed by atoms with Crippen molar-refractivity contribution in [2.75, 3.05) is 6.61 Å². The van der Waals surface area contributed by atoms with E-state index in [2.05, 4.69) is 5.32 Å². The molecule has 66 valence electrons. The molecular formula is C7H16N2OS. The van der Waals surface area contributed by atoms with Gasteiger partial charge >= 0.3 is 0 Å². The second-order valence-electron chi connectivity index (χ2n) is 2.63. The summed E-state index contributed by atoms with van der Waals surface area (Å²) < 4.78 is 0. The minimum atomic E-state index is -0.314. The van der Waals surface area contributed by atoms with Gasteiger partial charge in [-0.25, -0.2) is 0 Å². The first kappa shape index (κ1) is 10.7. The number of hydrogen-bond donors (Lipinski definition) is 3. The fraction of sp³-hybridized carbons (Fsp3) is 0.857. The van der Waals surface area contributed by atoms with Crippen LogP contribution in [-0.2, 0) is 0 Å². The summed E-state index contributed by atoms with van der Waals surface area (Å²) in [6, 6.07) is 0. The Kier molecular flexibility index (Phi) is 4.37. The predicted molar refractivity (Wildman–Crippen MR) is 50.3 cm³/mol. The predicted octanol–water partition coefficient (Wildman–Crippen LogP) is 0.371. The van der Waals surface area contributed by atoms with Crippen LogP contribution in [0.1, 0.15) is 26.7 Å². The number of aliphatic hydroxyl groups is 1. The van der Waals surface area contributed by atoms with Crippen molar-refractivity contribution in [2.24, 2.45) is 5.73 Å². The van der Waals surface area contributed by atoms with Gasteiger partial charge in [-0.05, 0) is 25.1 Å². The third kappa shape index (κ3) is 3.03. The Morgan fingerprint density at radius 2 is 2.00 bits per heavy atom. The maximum absolute atomic E-state index is 9.05. The number of aliphatic hydroxyl groups excluding tert-OH is 1. The average molecular weight is 176 g/mol. The zero-order chi connectivity index (χ0) is 8.91. The number of thiocarbonyl (C=S) groups is 1. The van der Waals surface area contributed by atoms with Crippen LogP contribution >= 0.6 is 12.2 Å². The second kappa shape index (κ2) is 4.51. The molecule has 0 aromatic heterocycles. The highest BCUT2D eigenvalue weighted by Crippen LogP contribution is 2.13. The van der Waals surface area contributed by atoms with Gasteiger partial charge in [-0.15, -0.1) is 0 Å². The van der Waals surface area contributed by atoms with Crippen LogP contribution in [0.4, 0.5) is 0 Å². The molecule has 0 saturated carbocycles. The lowest BCUT2D eigenvalue weighted by atomic mass is 9.94. The molecule has 0 rings (SSSR count). The van der Waals surface area contributed by atoms with E-state index in [1.54, 1.807) is 0 Å². The number of nitrogens with two attached hydrogens (primary N) is 1. The average Bonchev–Trinajstić information content (AvgIpc) is 2.00. The second-order valence-corrected chi connectivity index (χ2v) is 3.07. The van der Waals surface area contributed by atoms with E-state index in [0.717, 1.165) is 12.8 Å². The molecule has 0 spiro atoms. The Morgan fingerprint density at radius 3 is 2.09 bits per heavy atom. The van der Waals surface area contributed by atoms with E-state index in [4.69, 9.17) is 23.1 Å². The zero-order valence-electron chi connectivity index (χ0n) is 7.05. The van der Waals surface area contributed by atoms with E-state index < -0.39 is 0 Å². The molecule has 0 heterocycles. The van der Waals surface area contributed by atoms with E-state index in [-0.39, 0.29) is 17.3 Å². The van der Waals surface area contributed by atoms with Gasteiger partial charge in [-0.2, -0.15) is 0 Å². The number of nitrogens with one attached hydrogen (secondary N) is 1. The molecule has 0 unspecified atom stereocenters. The molecule has 0 saturated heterocycles. The first-order valence-electron chi connectivity index (χ1n) is 3.78. The molecule has 4 heteroatoms. The molecule has 0 amide bonds. The largest absolute Gasteiger partial charge is 0.394 e. The lowest BCUT2D eigenvalue weighted by Gasteiger charge is -2.30. The number of hydrogen-bond acceptors (Lipinski definition) is 2. The van der Waals surface area contributed by atoms with Gasteiger partial charge in [0.25, 0.3) is 0 Å². The fourth-order valence-corrected chi connectivity index (χ4v) is 1.17. The Balaban J connectivity index is 4.16. The van der Waals surface area contributed by atoms with Crippen molar-refractivity contribution in [2.45, 2.75) is 32.2 Å². The van der Waals surface area contributed by atoms with Crippen LogP contribution < -0.4 is 11.1 Å². The van der Waals surface area contributed by atoms with Crippen LogP contribution in [0.3, 0.4) is 0 Å². The lowest BCUT2D eigenvalue weighted by molar-refractivity contribution is 0.170. The molecular weight excluding hydrogens is 160 g/mol. The van der Waals surface area contributed by atoms with E-state index in [1.807, 2.05) is 13.8 Å². The van der Waals surface area contributed by atoms with Crippen LogP contribution in [0.2, 0.25) is 0 Å². The number of rotatable bonds is 4. The standard InChI is InChI=1S/C7H16N2OS/c1-3-7(4-2,5-10)9-6(8)11/h10H,3-5H2,1-2H3,(H3,8,9,11). The lowest BCUT2D eigenvalue weighted by Crippen LogP contribution is -2.52.